The number of methoxy groups -OCH3 is 1. The molecule has 0 saturated heterocycles. The third kappa shape index (κ3) is 2.95. The average molecular weight is 326 g/mol. The second-order valence-corrected chi connectivity index (χ2v) is 5.68. The van der Waals surface area contributed by atoms with E-state index in [2.05, 4.69) is 16.3 Å². The number of aromatic nitrogens is 3. The van der Waals surface area contributed by atoms with Crippen molar-refractivity contribution < 1.29 is 13.9 Å². The topological polar surface area (TPSA) is 93.9 Å². The van der Waals surface area contributed by atoms with Gasteiger partial charge in [-0.05, 0) is 25.8 Å². The van der Waals surface area contributed by atoms with Crippen LogP contribution in [0, 0.1) is 18.3 Å². The molecule has 0 saturated carbocycles. The van der Waals surface area contributed by atoms with Crippen molar-refractivity contribution in [3.8, 4) is 6.07 Å². The zero-order chi connectivity index (χ0) is 17.1. The number of fused-ring (bicyclic) bond motifs is 1. The summed E-state index contributed by atoms with van der Waals surface area (Å²) >= 11 is 0. The van der Waals surface area contributed by atoms with E-state index < -0.39 is 5.97 Å². The SMILES string of the molecule is COC(=O)c1cc(/C=C(\C#N)c2nnc3n2CCCCC3)oc1C. The van der Waals surface area contributed by atoms with Crippen molar-refractivity contribution in [2.75, 3.05) is 7.11 Å². The Balaban J connectivity index is 1.98. The molecule has 1 aliphatic heterocycles. The van der Waals surface area contributed by atoms with Gasteiger partial charge in [0.1, 0.15) is 34.6 Å². The maximum atomic E-state index is 11.7. The molecule has 0 bridgehead atoms. The van der Waals surface area contributed by atoms with Crippen molar-refractivity contribution in [2.45, 2.75) is 39.2 Å². The number of rotatable bonds is 3. The lowest BCUT2D eigenvalue weighted by atomic mass is 10.2. The van der Waals surface area contributed by atoms with Gasteiger partial charge >= 0.3 is 5.97 Å². The molecule has 2 aromatic heterocycles. The van der Waals surface area contributed by atoms with Gasteiger partial charge in [-0.1, -0.05) is 6.42 Å². The first-order chi connectivity index (χ1) is 11.6. The third-order valence-electron chi connectivity index (χ3n) is 4.10. The molecular weight excluding hydrogens is 308 g/mol. The van der Waals surface area contributed by atoms with E-state index in [1.807, 2.05) is 4.57 Å². The van der Waals surface area contributed by atoms with Gasteiger partial charge in [0.2, 0.25) is 0 Å². The molecule has 124 valence electrons. The molecule has 0 aromatic carbocycles. The predicted octanol–water partition coefficient (Wildman–Crippen LogP) is 2.76. The van der Waals surface area contributed by atoms with Crippen LogP contribution in [-0.4, -0.2) is 27.8 Å². The number of ether oxygens (including phenoxy) is 1. The summed E-state index contributed by atoms with van der Waals surface area (Å²) in [4.78, 5) is 11.7. The van der Waals surface area contributed by atoms with E-state index in [0.29, 0.717) is 28.5 Å². The zero-order valence-corrected chi connectivity index (χ0v) is 13.7. The average Bonchev–Trinajstić information content (AvgIpc) is 3.07. The summed E-state index contributed by atoms with van der Waals surface area (Å²) in [6.45, 7) is 2.49. The highest BCUT2D eigenvalue weighted by Crippen LogP contribution is 2.23. The van der Waals surface area contributed by atoms with E-state index in [4.69, 9.17) is 9.15 Å². The fourth-order valence-corrected chi connectivity index (χ4v) is 2.86. The summed E-state index contributed by atoms with van der Waals surface area (Å²) in [6, 6.07) is 3.72. The molecule has 2 aromatic rings. The van der Waals surface area contributed by atoms with E-state index in [9.17, 15) is 10.1 Å². The monoisotopic (exact) mass is 326 g/mol. The molecule has 0 spiro atoms. The normalized spacial score (nSPS) is 14.6. The minimum Gasteiger partial charge on any atom is -0.465 e. The Morgan fingerprint density at radius 1 is 1.42 bits per heavy atom. The van der Waals surface area contributed by atoms with Crippen molar-refractivity contribution in [1.82, 2.24) is 14.8 Å². The highest BCUT2D eigenvalue weighted by atomic mass is 16.5. The Morgan fingerprint density at radius 2 is 2.25 bits per heavy atom. The van der Waals surface area contributed by atoms with E-state index in [1.54, 1.807) is 19.1 Å². The van der Waals surface area contributed by atoms with Crippen LogP contribution in [0.4, 0.5) is 0 Å². The van der Waals surface area contributed by atoms with Crippen LogP contribution >= 0.6 is 0 Å². The third-order valence-corrected chi connectivity index (χ3v) is 4.10. The van der Waals surface area contributed by atoms with Crippen LogP contribution in [0.3, 0.4) is 0 Å². The zero-order valence-electron chi connectivity index (χ0n) is 13.7. The lowest BCUT2D eigenvalue weighted by Crippen LogP contribution is -2.05. The lowest BCUT2D eigenvalue weighted by molar-refractivity contribution is 0.0599. The first-order valence-electron chi connectivity index (χ1n) is 7.87. The molecule has 3 rings (SSSR count). The second kappa shape index (κ2) is 6.71. The van der Waals surface area contributed by atoms with Crippen LogP contribution in [0.15, 0.2) is 10.5 Å². The number of nitrogens with zero attached hydrogens (tertiary/aromatic N) is 4. The molecule has 0 atom stereocenters. The molecule has 24 heavy (non-hydrogen) atoms. The lowest BCUT2D eigenvalue weighted by Gasteiger charge is -2.05. The molecule has 0 radical (unpaired) electrons. The number of hydrogen-bond donors (Lipinski definition) is 0. The Kier molecular flexibility index (Phi) is 4.47. The summed E-state index contributed by atoms with van der Waals surface area (Å²) in [5, 5.41) is 17.9. The quantitative estimate of drug-likeness (QED) is 0.636. The highest BCUT2D eigenvalue weighted by Gasteiger charge is 2.19. The number of esters is 1. The smallest absolute Gasteiger partial charge is 0.341 e. The van der Waals surface area contributed by atoms with E-state index >= 15 is 0 Å². The standard InChI is InChI=1S/C17H18N4O3/c1-11-14(17(22)23-2)9-13(24-11)8-12(10-18)16-20-19-15-6-4-3-5-7-21(15)16/h8-9H,3-7H2,1-2H3/b12-8+. The Labute approximate surface area is 139 Å². The van der Waals surface area contributed by atoms with Gasteiger partial charge in [-0.15, -0.1) is 10.2 Å². The number of furan rings is 1. The van der Waals surface area contributed by atoms with Gasteiger partial charge in [0, 0.05) is 19.0 Å². The molecule has 0 aliphatic carbocycles. The molecule has 0 amide bonds. The van der Waals surface area contributed by atoms with E-state index in [-0.39, 0.29) is 0 Å². The Hall–Kier alpha value is -2.88. The van der Waals surface area contributed by atoms with Gasteiger partial charge in [0.05, 0.1) is 7.11 Å². The largest absolute Gasteiger partial charge is 0.465 e. The van der Waals surface area contributed by atoms with Gasteiger partial charge in [-0.25, -0.2) is 4.79 Å². The number of nitriles is 1. The maximum Gasteiger partial charge on any atom is 0.341 e. The summed E-state index contributed by atoms with van der Waals surface area (Å²) < 4.78 is 12.3. The molecule has 7 heteroatoms. The van der Waals surface area contributed by atoms with Crippen LogP contribution in [0.5, 0.6) is 0 Å². The van der Waals surface area contributed by atoms with E-state index in [0.717, 1.165) is 38.1 Å². The number of carbonyl (C=O) groups is 1. The van der Waals surface area contributed by atoms with Crippen molar-refractivity contribution in [3.63, 3.8) is 0 Å². The Morgan fingerprint density at radius 3 is 3.00 bits per heavy atom. The summed E-state index contributed by atoms with van der Waals surface area (Å²) in [5.41, 5.74) is 0.710. The highest BCUT2D eigenvalue weighted by molar-refractivity contribution is 5.92. The molecule has 1 aliphatic rings. The summed E-state index contributed by atoms with van der Waals surface area (Å²) in [5.74, 6) is 1.85. The van der Waals surface area contributed by atoms with Crippen LogP contribution < -0.4 is 0 Å². The summed E-state index contributed by atoms with van der Waals surface area (Å²) in [6.07, 6.45) is 5.74. The number of allylic oxidation sites excluding steroid dienone is 1. The molecule has 0 N–H and O–H groups in total. The minimum atomic E-state index is -0.467. The van der Waals surface area contributed by atoms with Crippen molar-refractivity contribution in [3.05, 3.63) is 34.8 Å². The van der Waals surface area contributed by atoms with E-state index in [1.165, 1.54) is 7.11 Å². The maximum absolute atomic E-state index is 11.7. The first kappa shape index (κ1) is 16.0. The van der Waals surface area contributed by atoms with Crippen LogP contribution in [-0.2, 0) is 17.7 Å². The van der Waals surface area contributed by atoms with Gasteiger partial charge in [-0.2, -0.15) is 5.26 Å². The molecule has 0 fully saturated rings. The van der Waals surface area contributed by atoms with Crippen LogP contribution in [0.2, 0.25) is 0 Å². The van der Waals surface area contributed by atoms with Gasteiger partial charge in [-0.3, -0.25) is 0 Å². The molecular formula is C17H18N4O3. The van der Waals surface area contributed by atoms with Gasteiger partial charge < -0.3 is 13.7 Å². The first-order valence-corrected chi connectivity index (χ1v) is 7.87. The molecule has 0 unspecified atom stereocenters. The second-order valence-electron chi connectivity index (χ2n) is 5.68. The summed E-state index contributed by atoms with van der Waals surface area (Å²) in [7, 11) is 1.32. The minimum absolute atomic E-state index is 0.348. The van der Waals surface area contributed by atoms with Crippen LogP contribution in [0.25, 0.3) is 11.6 Å². The van der Waals surface area contributed by atoms with Crippen molar-refractivity contribution in [2.24, 2.45) is 0 Å². The van der Waals surface area contributed by atoms with Crippen LogP contribution in [0.1, 0.15) is 52.8 Å². The number of aryl methyl sites for hydroxylation is 2. The number of hydrogen-bond acceptors (Lipinski definition) is 6. The van der Waals surface area contributed by atoms with Crippen molar-refractivity contribution in [1.29, 1.82) is 5.26 Å². The van der Waals surface area contributed by atoms with Crippen molar-refractivity contribution >= 4 is 17.6 Å². The molecule has 7 nitrogen and oxygen atoms in total. The Bertz CT molecular complexity index is 839. The molecule has 3 heterocycles. The van der Waals surface area contributed by atoms with Gasteiger partial charge in [0.15, 0.2) is 5.82 Å². The fourth-order valence-electron chi connectivity index (χ4n) is 2.86. The fraction of sp³-hybridized carbons (Fsp3) is 0.412. The predicted molar refractivity (Wildman–Crippen MR) is 85.8 cm³/mol. The number of carbonyl (C=O) groups excluding carboxylic acids is 1. The van der Waals surface area contributed by atoms with Gasteiger partial charge in [0.25, 0.3) is 0 Å².